The number of carbonyl (C=O) groups excluding carboxylic acids is 1. The molecule has 4 nitrogen and oxygen atoms in total. The highest BCUT2D eigenvalue weighted by Gasteiger charge is 2.24. The summed E-state index contributed by atoms with van der Waals surface area (Å²) < 4.78 is 5.59. The van der Waals surface area contributed by atoms with Gasteiger partial charge >= 0.3 is 0 Å². The molecule has 20 heavy (non-hydrogen) atoms. The summed E-state index contributed by atoms with van der Waals surface area (Å²) >= 11 is 7.30. The highest BCUT2D eigenvalue weighted by molar-refractivity contribution is 7.09. The molecule has 0 saturated heterocycles. The van der Waals surface area contributed by atoms with Crippen molar-refractivity contribution in [1.82, 2.24) is 10.3 Å². The minimum Gasteiger partial charge on any atom is -0.486 e. The van der Waals surface area contributed by atoms with Gasteiger partial charge in [0.25, 0.3) is 5.91 Å². The molecule has 104 valence electrons. The SMILES string of the molecule is O=C(NC1CC1)c1csc(COc2cccc(Cl)c2)n1. The minimum absolute atomic E-state index is 0.0993. The van der Waals surface area contributed by atoms with Crippen LogP contribution in [0.15, 0.2) is 29.6 Å². The molecular weight excluding hydrogens is 296 g/mol. The number of hydrogen-bond donors (Lipinski definition) is 1. The Kier molecular flexibility index (Phi) is 3.89. The van der Waals surface area contributed by atoms with Crippen molar-refractivity contribution in [3.05, 3.63) is 45.4 Å². The maximum Gasteiger partial charge on any atom is 0.270 e. The number of hydrogen-bond acceptors (Lipinski definition) is 4. The third-order valence-corrected chi connectivity index (χ3v) is 3.91. The summed E-state index contributed by atoms with van der Waals surface area (Å²) in [6.07, 6.45) is 2.14. The lowest BCUT2D eigenvalue weighted by molar-refractivity contribution is 0.0946. The van der Waals surface area contributed by atoms with Gasteiger partial charge in [0.1, 0.15) is 23.1 Å². The fourth-order valence-corrected chi connectivity index (χ4v) is 2.54. The van der Waals surface area contributed by atoms with E-state index in [1.54, 1.807) is 17.5 Å². The highest BCUT2D eigenvalue weighted by atomic mass is 35.5. The van der Waals surface area contributed by atoms with Crippen LogP contribution in [0.2, 0.25) is 5.02 Å². The fraction of sp³-hybridized carbons (Fsp3) is 0.286. The van der Waals surface area contributed by atoms with Crippen LogP contribution in [-0.4, -0.2) is 16.9 Å². The quantitative estimate of drug-likeness (QED) is 0.922. The lowest BCUT2D eigenvalue weighted by atomic mass is 10.3. The van der Waals surface area contributed by atoms with Crippen LogP contribution >= 0.6 is 22.9 Å². The molecule has 0 spiro atoms. The van der Waals surface area contributed by atoms with E-state index in [1.807, 2.05) is 12.1 Å². The Balaban J connectivity index is 1.58. The smallest absolute Gasteiger partial charge is 0.270 e. The van der Waals surface area contributed by atoms with Gasteiger partial charge in [0.05, 0.1) is 0 Å². The molecule has 1 aromatic carbocycles. The minimum atomic E-state index is -0.0993. The zero-order valence-corrected chi connectivity index (χ0v) is 12.2. The van der Waals surface area contributed by atoms with Crippen molar-refractivity contribution >= 4 is 28.8 Å². The first-order valence-corrected chi connectivity index (χ1v) is 7.60. The summed E-state index contributed by atoms with van der Waals surface area (Å²) in [7, 11) is 0. The van der Waals surface area contributed by atoms with Gasteiger partial charge < -0.3 is 10.1 Å². The molecule has 2 aromatic rings. The molecule has 1 saturated carbocycles. The lowest BCUT2D eigenvalue weighted by Crippen LogP contribution is -2.25. The summed E-state index contributed by atoms with van der Waals surface area (Å²) in [6.45, 7) is 0.335. The zero-order valence-electron chi connectivity index (χ0n) is 10.6. The highest BCUT2D eigenvalue weighted by Crippen LogP contribution is 2.21. The number of carbonyl (C=O) groups is 1. The molecule has 1 aromatic heterocycles. The molecule has 0 radical (unpaired) electrons. The number of ether oxygens (including phenoxy) is 1. The third kappa shape index (κ3) is 3.49. The van der Waals surface area contributed by atoms with Crippen LogP contribution in [0.4, 0.5) is 0 Å². The van der Waals surface area contributed by atoms with Gasteiger partial charge in [0, 0.05) is 16.4 Å². The van der Waals surface area contributed by atoms with Crippen molar-refractivity contribution in [2.45, 2.75) is 25.5 Å². The van der Waals surface area contributed by atoms with Crippen molar-refractivity contribution in [2.24, 2.45) is 0 Å². The zero-order chi connectivity index (χ0) is 13.9. The Hall–Kier alpha value is -1.59. The van der Waals surface area contributed by atoms with Crippen LogP contribution < -0.4 is 10.1 Å². The molecular formula is C14H13ClN2O2S. The van der Waals surface area contributed by atoms with Crippen LogP contribution in [0.3, 0.4) is 0 Å². The Morgan fingerprint density at radius 2 is 2.35 bits per heavy atom. The first kappa shape index (κ1) is 13.4. The summed E-state index contributed by atoms with van der Waals surface area (Å²) in [5.41, 5.74) is 0.464. The Labute approximate surface area is 125 Å². The normalized spacial score (nSPS) is 14.1. The number of benzene rings is 1. The Morgan fingerprint density at radius 1 is 1.50 bits per heavy atom. The van der Waals surface area contributed by atoms with Crippen LogP contribution in [0.1, 0.15) is 28.3 Å². The Morgan fingerprint density at radius 3 is 3.10 bits per heavy atom. The van der Waals surface area contributed by atoms with E-state index in [0.717, 1.165) is 17.8 Å². The lowest BCUT2D eigenvalue weighted by Gasteiger charge is -2.03. The van der Waals surface area contributed by atoms with E-state index in [4.69, 9.17) is 16.3 Å². The number of nitrogens with one attached hydrogen (secondary N) is 1. The van der Waals surface area contributed by atoms with Crippen LogP contribution in [0.25, 0.3) is 0 Å². The van der Waals surface area contributed by atoms with Crippen LogP contribution in [0.5, 0.6) is 5.75 Å². The largest absolute Gasteiger partial charge is 0.486 e. The number of amides is 1. The topological polar surface area (TPSA) is 51.2 Å². The molecule has 6 heteroatoms. The van der Waals surface area contributed by atoms with Crippen LogP contribution in [-0.2, 0) is 6.61 Å². The maximum absolute atomic E-state index is 11.8. The number of thiazole rings is 1. The molecule has 0 atom stereocenters. The van der Waals surface area contributed by atoms with Gasteiger partial charge in [-0.2, -0.15) is 0 Å². The van der Waals surface area contributed by atoms with Crippen molar-refractivity contribution in [1.29, 1.82) is 0 Å². The standard InChI is InChI=1S/C14H13ClN2O2S/c15-9-2-1-3-11(6-9)19-7-13-17-12(8-20-13)14(18)16-10-4-5-10/h1-3,6,8,10H,4-5,7H2,(H,16,18). The molecule has 1 N–H and O–H groups in total. The third-order valence-electron chi connectivity index (χ3n) is 2.86. The van der Waals surface area contributed by atoms with Gasteiger partial charge in [0.15, 0.2) is 0 Å². The molecule has 0 bridgehead atoms. The van der Waals surface area contributed by atoms with Gasteiger partial charge in [-0.1, -0.05) is 17.7 Å². The average Bonchev–Trinajstić information content (AvgIpc) is 3.11. The van der Waals surface area contributed by atoms with E-state index in [-0.39, 0.29) is 5.91 Å². The molecule has 3 rings (SSSR count). The van der Waals surface area contributed by atoms with Crippen molar-refractivity contribution < 1.29 is 9.53 Å². The summed E-state index contributed by atoms with van der Waals surface area (Å²) in [5.74, 6) is 0.592. The molecule has 1 aliphatic rings. The molecule has 0 unspecified atom stereocenters. The predicted molar refractivity (Wildman–Crippen MR) is 78.4 cm³/mol. The molecule has 0 aliphatic heterocycles. The van der Waals surface area contributed by atoms with E-state index in [1.165, 1.54) is 11.3 Å². The average molecular weight is 309 g/mol. The number of nitrogens with zero attached hydrogens (tertiary/aromatic N) is 1. The van der Waals surface area contributed by atoms with Crippen molar-refractivity contribution in [3.63, 3.8) is 0 Å². The van der Waals surface area contributed by atoms with E-state index in [9.17, 15) is 4.79 Å². The molecule has 1 heterocycles. The maximum atomic E-state index is 11.8. The summed E-state index contributed by atoms with van der Waals surface area (Å²) in [4.78, 5) is 16.1. The van der Waals surface area contributed by atoms with E-state index in [0.29, 0.717) is 29.1 Å². The second-order valence-electron chi connectivity index (χ2n) is 4.62. The number of aromatic nitrogens is 1. The molecule has 1 amide bonds. The molecule has 1 fully saturated rings. The van der Waals surface area contributed by atoms with Gasteiger partial charge in [-0.15, -0.1) is 11.3 Å². The van der Waals surface area contributed by atoms with Gasteiger partial charge in [-0.05, 0) is 31.0 Å². The predicted octanol–water partition coefficient (Wildman–Crippen LogP) is 3.27. The van der Waals surface area contributed by atoms with Gasteiger partial charge in [0.2, 0.25) is 0 Å². The van der Waals surface area contributed by atoms with Crippen molar-refractivity contribution in [2.75, 3.05) is 0 Å². The van der Waals surface area contributed by atoms with E-state index in [2.05, 4.69) is 10.3 Å². The van der Waals surface area contributed by atoms with Crippen molar-refractivity contribution in [3.8, 4) is 5.75 Å². The molecule has 1 aliphatic carbocycles. The number of rotatable bonds is 5. The van der Waals surface area contributed by atoms with E-state index >= 15 is 0 Å². The second kappa shape index (κ2) is 5.81. The first-order valence-electron chi connectivity index (χ1n) is 6.34. The van der Waals surface area contributed by atoms with Gasteiger partial charge in [-0.3, -0.25) is 4.79 Å². The van der Waals surface area contributed by atoms with Crippen LogP contribution in [0, 0.1) is 0 Å². The van der Waals surface area contributed by atoms with E-state index < -0.39 is 0 Å². The van der Waals surface area contributed by atoms with Gasteiger partial charge in [-0.25, -0.2) is 4.98 Å². The number of halogens is 1. The first-order chi connectivity index (χ1) is 9.70. The Bertz CT molecular complexity index is 625. The summed E-state index contributed by atoms with van der Waals surface area (Å²) in [6, 6.07) is 7.54. The fourth-order valence-electron chi connectivity index (χ4n) is 1.67. The monoisotopic (exact) mass is 308 g/mol. The second-order valence-corrected chi connectivity index (χ2v) is 6.00. The summed E-state index contributed by atoms with van der Waals surface area (Å²) in [5, 5.41) is 6.07.